The van der Waals surface area contributed by atoms with E-state index in [1.807, 2.05) is 55.5 Å². The van der Waals surface area contributed by atoms with Gasteiger partial charge in [0.15, 0.2) is 0 Å². The van der Waals surface area contributed by atoms with E-state index >= 15 is 0 Å². The lowest BCUT2D eigenvalue weighted by Gasteiger charge is -2.10. The van der Waals surface area contributed by atoms with Gasteiger partial charge in [-0.2, -0.15) is 0 Å². The Labute approximate surface area is 154 Å². The lowest BCUT2D eigenvalue weighted by molar-refractivity contribution is -0.115. The van der Waals surface area contributed by atoms with Crippen molar-refractivity contribution in [2.45, 2.75) is 26.8 Å². The zero-order valence-corrected chi connectivity index (χ0v) is 15.1. The van der Waals surface area contributed by atoms with Crippen molar-refractivity contribution in [3.63, 3.8) is 0 Å². The quantitative estimate of drug-likeness (QED) is 0.692. The van der Waals surface area contributed by atoms with Crippen LogP contribution < -0.4 is 10.6 Å². The minimum atomic E-state index is -0.0626. The standard InChI is InChI=1S/C22H23N3O/c1-16-7-3-5-9-18(16)13-22(26)25-21-12-11-20(15-24-21)23-14-19-10-6-4-8-17(19)2/h3-12,15,23H,13-14H2,1-2H3,(H,24,25,26). The van der Waals surface area contributed by atoms with E-state index in [1.54, 1.807) is 6.20 Å². The molecule has 0 aliphatic rings. The number of carbonyl (C=O) groups excluding carboxylic acids is 1. The lowest BCUT2D eigenvalue weighted by atomic mass is 10.1. The van der Waals surface area contributed by atoms with Gasteiger partial charge < -0.3 is 10.6 Å². The number of aromatic nitrogens is 1. The first-order valence-corrected chi connectivity index (χ1v) is 8.70. The molecule has 26 heavy (non-hydrogen) atoms. The van der Waals surface area contributed by atoms with Crippen molar-refractivity contribution in [2.24, 2.45) is 0 Å². The van der Waals surface area contributed by atoms with Crippen LogP contribution >= 0.6 is 0 Å². The third-order valence-corrected chi connectivity index (χ3v) is 4.39. The van der Waals surface area contributed by atoms with Gasteiger partial charge in [0.1, 0.15) is 5.82 Å². The van der Waals surface area contributed by atoms with Crippen molar-refractivity contribution in [3.05, 3.63) is 89.1 Å². The SMILES string of the molecule is Cc1ccccc1CNc1ccc(NC(=O)Cc2ccccc2C)nc1. The summed E-state index contributed by atoms with van der Waals surface area (Å²) in [6.07, 6.45) is 2.09. The highest BCUT2D eigenvalue weighted by Crippen LogP contribution is 2.14. The summed E-state index contributed by atoms with van der Waals surface area (Å²) in [5.41, 5.74) is 5.58. The van der Waals surface area contributed by atoms with Crippen molar-refractivity contribution >= 4 is 17.4 Å². The Balaban J connectivity index is 1.55. The molecule has 0 radical (unpaired) electrons. The van der Waals surface area contributed by atoms with E-state index in [2.05, 4.69) is 34.7 Å². The van der Waals surface area contributed by atoms with Crippen molar-refractivity contribution in [1.29, 1.82) is 0 Å². The number of aryl methyl sites for hydroxylation is 2. The zero-order valence-electron chi connectivity index (χ0n) is 15.1. The van der Waals surface area contributed by atoms with Crippen molar-refractivity contribution in [1.82, 2.24) is 4.98 Å². The Morgan fingerprint density at radius 1 is 0.885 bits per heavy atom. The smallest absolute Gasteiger partial charge is 0.229 e. The number of nitrogens with one attached hydrogen (secondary N) is 2. The van der Waals surface area contributed by atoms with Gasteiger partial charge >= 0.3 is 0 Å². The van der Waals surface area contributed by atoms with Gasteiger partial charge in [0.05, 0.1) is 18.3 Å². The summed E-state index contributed by atoms with van der Waals surface area (Å²) in [6, 6.07) is 19.9. The number of hydrogen-bond acceptors (Lipinski definition) is 3. The molecule has 1 heterocycles. The first kappa shape index (κ1) is 17.7. The number of nitrogens with zero attached hydrogens (tertiary/aromatic N) is 1. The second-order valence-corrected chi connectivity index (χ2v) is 6.36. The molecule has 0 atom stereocenters. The van der Waals surface area contributed by atoms with Crippen LogP contribution in [-0.2, 0) is 17.8 Å². The summed E-state index contributed by atoms with van der Waals surface area (Å²) in [7, 11) is 0. The van der Waals surface area contributed by atoms with Crippen molar-refractivity contribution < 1.29 is 4.79 Å². The second kappa shape index (κ2) is 8.30. The molecule has 0 aliphatic heterocycles. The molecule has 2 aromatic carbocycles. The van der Waals surface area contributed by atoms with Gasteiger partial charge in [-0.1, -0.05) is 48.5 Å². The molecule has 0 fully saturated rings. The fourth-order valence-corrected chi connectivity index (χ4v) is 2.75. The summed E-state index contributed by atoms with van der Waals surface area (Å²) in [6.45, 7) is 4.85. The van der Waals surface area contributed by atoms with Gasteiger partial charge in [-0.25, -0.2) is 4.98 Å². The Bertz CT molecular complexity index is 888. The predicted octanol–water partition coefficient (Wildman–Crippen LogP) is 4.49. The van der Waals surface area contributed by atoms with Crippen LogP contribution in [0.2, 0.25) is 0 Å². The topological polar surface area (TPSA) is 54.0 Å². The fraction of sp³-hybridized carbons (Fsp3) is 0.182. The maximum Gasteiger partial charge on any atom is 0.229 e. The highest BCUT2D eigenvalue weighted by molar-refractivity contribution is 5.91. The fourth-order valence-electron chi connectivity index (χ4n) is 2.75. The van der Waals surface area contributed by atoms with Gasteiger partial charge in [0.25, 0.3) is 0 Å². The van der Waals surface area contributed by atoms with Crippen LogP contribution in [0, 0.1) is 13.8 Å². The molecule has 1 aromatic heterocycles. The molecule has 3 aromatic rings. The number of rotatable bonds is 6. The van der Waals surface area contributed by atoms with E-state index in [4.69, 9.17) is 0 Å². The highest BCUT2D eigenvalue weighted by atomic mass is 16.1. The Kier molecular flexibility index (Phi) is 5.64. The molecule has 0 unspecified atom stereocenters. The van der Waals surface area contributed by atoms with Gasteiger partial charge in [-0.3, -0.25) is 4.79 Å². The zero-order chi connectivity index (χ0) is 18.4. The van der Waals surface area contributed by atoms with Crippen LogP contribution in [0.25, 0.3) is 0 Å². The molecule has 132 valence electrons. The van der Waals surface area contributed by atoms with E-state index in [0.717, 1.165) is 23.4 Å². The van der Waals surface area contributed by atoms with Crippen LogP contribution in [0.1, 0.15) is 22.3 Å². The average Bonchev–Trinajstić information content (AvgIpc) is 2.64. The molecule has 2 N–H and O–H groups in total. The minimum absolute atomic E-state index is 0.0626. The van der Waals surface area contributed by atoms with E-state index in [9.17, 15) is 4.79 Å². The highest BCUT2D eigenvalue weighted by Gasteiger charge is 2.07. The number of benzene rings is 2. The van der Waals surface area contributed by atoms with Crippen LogP contribution in [0.5, 0.6) is 0 Å². The monoisotopic (exact) mass is 345 g/mol. The van der Waals surface area contributed by atoms with E-state index < -0.39 is 0 Å². The first-order valence-electron chi connectivity index (χ1n) is 8.70. The molecule has 0 aliphatic carbocycles. The average molecular weight is 345 g/mol. The second-order valence-electron chi connectivity index (χ2n) is 6.36. The number of anilines is 2. The molecule has 0 saturated heterocycles. The predicted molar refractivity (Wildman–Crippen MR) is 106 cm³/mol. The van der Waals surface area contributed by atoms with E-state index in [-0.39, 0.29) is 5.91 Å². The van der Waals surface area contributed by atoms with Gasteiger partial charge in [0.2, 0.25) is 5.91 Å². The number of carbonyl (C=O) groups is 1. The summed E-state index contributed by atoms with van der Waals surface area (Å²) in [4.78, 5) is 16.5. The molecule has 0 bridgehead atoms. The van der Waals surface area contributed by atoms with Gasteiger partial charge in [0, 0.05) is 6.54 Å². The van der Waals surface area contributed by atoms with Crippen LogP contribution in [-0.4, -0.2) is 10.9 Å². The summed E-state index contributed by atoms with van der Waals surface area (Å²) in [5.74, 6) is 0.498. The molecule has 0 saturated carbocycles. The van der Waals surface area contributed by atoms with Crippen molar-refractivity contribution in [3.8, 4) is 0 Å². The third-order valence-electron chi connectivity index (χ3n) is 4.39. The number of pyridine rings is 1. The van der Waals surface area contributed by atoms with Gasteiger partial charge in [-0.05, 0) is 48.2 Å². The number of amides is 1. The van der Waals surface area contributed by atoms with Crippen LogP contribution in [0.4, 0.5) is 11.5 Å². The van der Waals surface area contributed by atoms with Crippen LogP contribution in [0.3, 0.4) is 0 Å². The third kappa shape index (κ3) is 4.70. The van der Waals surface area contributed by atoms with E-state index in [0.29, 0.717) is 12.2 Å². The summed E-state index contributed by atoms with van der Waals surface area (Å²) in [5, 5.41) is 6.20. The van der Waals surface area contributed by atoms with Crippen molar-refractivity contribution in [2.75, 3.05) is 10.6 Å². The van der Waals surface area contributed by atoms with Gasteiger partial charge in [-0.15, -0.1) is 0 Å². The maximum atomic E-state index is 12.2. The molecule has 0 spiro atoms. The first-order chi connectivity index (χ1) is 12.6. The Morgan fingerprint density at radius 3 is 2.15 bits per heavy atom. The maximum absolute atomic E-state index is 12.2. The normalized spacial score (nSPS) is 10.4. The molecule has 4 heteroatoms. The molecular formula is C22H23N3O. The molecule has 3 rings (SSSR count). The van der Waals surface area contributed by atoms with E-state index in [1.165, 1.54) is 11.1 Å². The Morgan fingerprint density at radius 2 is 1.54 bits per heavy atom. The largest absolute Gasteiger partial charge is 0.380 e. The molecule has 1 amide bonds. The summed E-state index contributed by atoms with van der Waals surface area (Å²) < 4.78 is 0. The van der Waals surface area contributed by atoms with Crippen LogP contribution in [0.15, 0.2) is 66.9 Å². The minimum Gasteiger partial charge on any atom is -0.380 e. The summed E-state index contributed by atoms with van der Waals surface area (Å²) >= 11 is 0. The lowest BCUT2D eigenvalue weighted by Crippen LogP contribution is -2.15. The Hall–Kier alpha value is -3.14. The molecular weight excluding hydrogens is 322 g/mol. The number of hydrogen-bond donors (Lipinski definition) is 2. The molecule has 4 nitrogen and oxygen atoms in total.